The van der Waals surface area contributed by atoms with Gasteiger partial charge in [0.15, 0.2) is 0 Å². The van der Waals surface area contributed by atoms with E-state index in [0.717, 1.165) is 16.7 Å². The maximum absolute atomic E-state index is 12.4. The Labute approximate surface area is 132 Å². The van der Waals surface area contributed by atoms with E-state index in [2.05, 4.69) is 0 Å². The molecule has 3 aromatic carbocycles. The molecule has 3 rings (SSSR count). The van der Waals surface area contributed by atoms with Gasteiger partial charge >= 0.3 is 0 Å². The first-order valence-electron chi connectivity index (χ1n) is 7.02. The maximum Gasteiger partial charge on any atom is 0.107 e. The van der Waals surface area contributed by atoms with E-state index < -0.39 is 15.8 Å². The second-order valence-corrected chi connectivity index (χ2v) is 6.10. The smallest absolute Gasteiger partial charge is 0.107 e. The van der Waals surface area contributed by atoms with Gasteiger partial charge in [-0.2, -0.15) is 0 Å². The Bertz CT molecular complexity index is 659. The van der Waals surface area contributed by atoms with Crippen molar-refractivity contribution in [3.63, 3.8) is 0 Å². The van der Waals surface area contributed by atoms with Crippen LogP contribution in [0, 0.1) is 0 Å². The third-order valence-electron chi connectivity index (χ3n) is 3.79. The third-order valence-corrected chi connectivity index (χ3v) is 5.00. The van der Waals surface area contributed by atoms with E-state index in [9.17, 15) is 8.76 Å². The zero-order chi connectivity index (χ0) is 15.4. The summed E-state index contributed by atoms with van der Waals surface area (Å²) in [6, 6.07) is 28.0. The van der Waals surface area contributed by atoms with Crippen LogP contribution < -0.4 is 0 Å². The first-order valence-corrected chi connectivity index (χ1v) is 8.09. The molecule has 110 valence electrons. The Morgan fingerprint density at radius 3 is 1.09 bits per heavy atom. The van der Waals surface area contributed by atoms with Crippen LogP contribution in [-0.4, -0.2) is 8.76 Å². The van der Waals surface area contributed by atoms with Gasteiger partial charge in [-0.3, -0.25) is 4.21 Å². The molecule has 0 radical (unpaired) electrons. The predicted octanol–water partition coefficient (Wildman–Crippen LogP) is 3.86. The largest absolute Gasteiger partial charge is 0.771 e. The predicted molar refractivity (Wildman–Crippen MR) is 88.1 cm³/mol. The Morgan fingerprint density at radius 1 is 0.591 bits per heavy atom. The fourth-order valence-electron chi connectivity index (χ4n) is 2.81. The highest BCUT2D eigenvalue weighted by atomic mass is 32.2. The highest BCUT2D eigenvalue weighted by Crippen LogP contribution is 2.41. The number of rotatable bonds is 4. The van der Waals surface area contributed by atoms with E-state index in [-0.39, 0.29) is 0 Å². The molecule has 0 N–H and O–H groups in total. The van der Waals surface area contributed by atoms with E-state index in [1.54, 1.807) is 0 Å². The molecule has 3 aromatic rings. The topological polar surface area (TPSA) is 40.1 Å². The van der Waals surface area contributed by atoms with Crippen molar-refractivity contribution in [2.24, 2.45) is 0 Å². The third kappa shape index (κ3) is 2.39. The molecule has 3 heteroatoms. The van der Waals surface area contributed by atoms with Crippen molar-refractivity contribution in [2.45, 2.75) is 4.75 Å². The molecule has 1 atom stereocenters. The van der Waals surface area contributed by atoms with E-state index in [4.69, 9.17) is 0 Å². The lowest BCUT2D eigenvalue weighted by Crippen LogP contribution is -2.34. The molecule has 0 amide bonds. The molecule has 0 heterocycles. The van der Waals surface area contributed by atoms with Gasteiger partial charge in [0.05, 0.1) is 0 Å². The normalized spacial score (nSPS) is 12.8. The van der Waals surface area contributed by atoms with Crippen LogP contribution in [0.25, 0.3) is 0 Å². The minimum Gasteiger partial charge on any atom is -0.771 e. The molecule has 22 heavy (non-hydrogen) atoms. The van der Waals surface area contributed by atoms with Gasteiger partial charge in [-0.25, -0.2) is 0 Å². The molecule has 0 aromatic heterocycles. The number of hydrogen-bond acceptors (Lipinski definition) is 2. The van der Waals surface area contributed by atoms with Gasteiger partial charge in [-0.1, -0.05) is 91.0 Å². The maximum atomic E-state index is 12.4. The molecule has 0 aliphatic rings. The van der Waals surface area contributed by atoms with Crippen molar-refractivity contribution in [2.75, 3.05) is 0 Å². The summed E-state index contributed by atoms with van der Waals surface area (Å²) in [6.45, 7) is 0. The summed E-state index contributed by atoms with van der Waals surface area (Å²) < 4.78 is 23.6. The van der Waals surface area contributed by atoms with E-state index in [1.807, 2.05) is 91.0 Å². The lowest BCUT2D eigenvalue weighted by molar-refractivity contribution is 0.514. The molecular weight excluding hydrogens is 292 g/mol. The second kappa shape index (κ2) is 6.26. The molecule has 0 aliphatic heterocycles. The average molecular weight is 307 g/mol. The molecule has 2 nitrogen and oxygen atoms in total. The fraction of sp³-hybridized carbons (Fsp3) is 0.0526. The van der Waals surface area contributed by atoms with Crippen LogP contribution in [-0.2, 0) is 15.8 Å². The van der Waals surface area contributed by atoms with E-state index in [1.165, 1.54) is 0 Å². The van der Waals surface area contributed by atoms with Gasteiger partial charge < -0.3 is 4.55 Å². The second-order valence-electron chi connectivity index (χ2n) is 5.01. The van der Waals surface area contributed by atoms with Crippen molar-refractivity contribution in [1.29, 1.82) is 0 Å². The summed E-state index contributed by atoms with van der Waals surface area (Å²) in [5.74, 6) is 0. The summed E-state index contributed by atoms with van der Waals surface area (Å²) >= 11 is -2.36. The van der Waals surface area contributed by atoms with Gasteiger partial charge in [0, 0.05) is 0 Å². The van der Waals surface area contributed by atoms with Gasteiger partial charge in [0.1, 0.15) is 4.75 Å². The highest BCUT2D eigenvalue weighted by Gasteiger charge is 2.37. The molecule has 0 fully saturated rings. The molecular formula is C19H15O2S-. The fourth-order valence-corrected chi connectivity index (χ4v) is 3.79. The van der Waals surface area contributed by atoms with Crippen LogP contribution in [0.2, 0.25) is 0 Å². The van der Waals surface area contributed by atoms with Crippen molar-refractivity contribution in [3.05, 3.63) is 108 Å². The Morgan fingerprint density at radius 2 is 0.864 bits per heavy atom. The van der Waals surface area contributed by atoms with Gasteiger partial charge in [-0.15, -0.1) is 0 Å². The zero-order valence-corrected chi connectivity index (χ0v) is 12.7. The number of benzene rings is 3. The Kier molecular flexibility index (Phi) is 4.18. The quantitative estimate of drug-likeness (QED) is 0.542. The van der Waals surface area contributed by atoms with Crippen LogP contribution in [0.5, 0.6) is 0 Å². The van der Waals surface area contributed by atoms with E-state index in [0.29, 0.717) is 0 Å². The first-order chi connectivity index (χ1) is 10.8. The van der Waals surface area contributed by atoms with Crippen LogP contribution in [0.1, 0.15) is 16.7 Å². The van der Waals surface area contributed by atoms with Crippen molar-refractivity contribution < 1.29 is 8.76 Å². The minimum absolute atomic E-state index is 0.737. The molecule has 0 saturated carbocycles. The minimum atomic E-state index is -2.36. The monoisotopic (exact) mass is 307 g/mol. The molecule has 0 saturated heterocycles. The Hall–Kier alpha value is -2.23. The lowest BCUT2D eigenvalue weighted by Gasteiger charge is -2.37. The molecule has 0 aliphatic carbocycles. The van der Waals surface area contributed by atoms with Crippen LogP contribution >= 0.6 is 0 Å². The highest BCUT2D eigenvalue weighted by molar-refractivity contribution is 7.80. The van der Waals surface area contributed by atoms with Crippen molar-refractivity contribution in [3.8, 4) is 0 Å². The van der Waals surface area contributed by atoms with E-state index >= 15 is 0 Å². The van der Waals surface area contributed by atoms with Gasteiger partial charge in [0.2, 0.25) is 0 Å². The summed E-state index contributed by atoms with van der Waals surface area (Å²) in [4.78, 5) is 0. The summed E-state index contributed by atoms with van der Waals surface area (Å²) in [5.41, 5.74) is 2.21. The van der Waals surface area contributed by atoms with Crippen LogP contribution in [0.4, 0.5) is 0 Å². The van der Waals surface area contributed by atoms with Crippen molar-refractivity contribution >= 4 is 11.1 Å². The standard InChI is InChI=1S/C19H16O2S/c20-22(21)19(16-10-4-1-5-11-16,17-12-6-2-7-13-17)18-14-8-3-9-15-18/h1-15H,(H,20,21)/p-1. The summed E-state index contributed by atoms with van der Waals surface area (Å²) in [7, 11) is 0. The SMILES string of the molecule is O=S([O-])C(c1ccccc1)(c1ccccc1)c1ccccc1. The number of hydrogen-bond donors (Lipinski definition) is 0. The van der Waals surface area contributed by atoms with Gasteiger partial charge in [-0.05, 0) is 27.8 Å². The van der Waals surface area contributed by atoms with Crippen molar-refractivity contribution in [1.82, 2.24) is 0 Å². The average Bonchev–Trinajstić information content (AvgIpc) is 2.58. The van der Waals surface area contributed by atoms with Gasteiger partial charge in [0.25, 0.3) is 0 Å². The summed E-state index contributed by atoms with van der Waals surface area (Å²) in [5, 5.41) is 0. The molecule has 0 bridgehead atoms. The summed E-state index contributed by atoms with van der Waals surface area (Å²) in [6.07, 6.45) is 0. The van der Waals surface area contributed by atoms with Crippen LogP contribution in [0.3, 0.4) is 0 Å². The zero-order valence-electron chi connectivity index (χ0n) is 11.9. The van der Waals surface area contributed by atoms with Crippen LogP contribution in [0.15, 0.2) is 91.0 Å². The Balaban J connectivity index is 2.37. The molecule has 0 spiro atoms. The first kappa shape index (κ1) is 14.7. The lowest BCUT2D eigenvalue weighted by atomic mass is 9.84. The molecule has 1 unspecified atom stereocenters.